The largest absolute Gasteiger partial charge is 0.379 e. The third kappa shape index (κ3) is 2.50. The molecule has 2 rings (SSSR count). The zero-order chi connectivity index (χ0) is 14.0. The summed E-state index contributed by atoms with van der Waals surface area (Å²) < 4.78 is 25.9. The van der Waals surface area contributed by atoms with Gasteiger partial charge in [-0.1, -0.05) is 24.3 Å². The molecular formula is C15H15F2NO. The maximum absolute atomic E-state index is 13.0. The van der Waals surface area contributed by atoms with Crippen LogP contribution in [-0.4, -0.2) is 11.1 Å². The normalized spacial score (nSPS) is 13.3. The van der Waals surface area contributed by atoms with Gasteiger partial charge in [0.15, 0.2) is 0 Å². The molecule has 0 aliphatic rings. The SMILES string of the molecule is C[C@H](N)C(O)(c1ccc(F)cc1)c1ccc(F)cc1. The van der Waals surface area contributed by atoms with Gasteiger partial charge in [-0.3, -0.25) is 0 Å². The zero-order valence-electron chi connectivity index (χ0n) is 10.5. The van der Waals surface area contributed by atoms with E-state index in [9.17, 15) is 13.9 Å². The lowest BCUT2D eigenvalue weighted by molar-refractivity contribution is 0.0577. The predicted molar refractivity (Wildman–Crippen MR) is 69.4 cm³/mol. The first-order chi connectivity index (χ1) is 8.94. The van der Waals surface area contributed by atoms with Crippen LogP contribution in [0.1, 0.15) is 18.1 Å². The first-order valence-corrected chi connectivity index (χ1v) is 5.94. The molecule has 0 heterocycles. The van der Waals surface area contributed by atoms with Crippen LogP contribution in [-0.2, 0) is 5.60 Å². The Morgan fingerprint density at radius 3 is 1.47 bits per heavy atom. The number of hydrogen-bond acceptors (Lipinski definition) is 2. The van der Waals surface area contributed by atoms with Crippen LogP contribution in [0.25, 0.3) is 0 Å². The molecule has 0 aromatic heterocycles. The van der Waals surface area contributed by atoms with Crippen molar-refractivity contribution in [2.75, 3.05) is 0 Å². The Morgan fingerprint density at radius 2 is 1.21 bits per heavy atom. The van der Waals surface area contributed by atoms with Gasteiger partial charge >= 0.3 is 0 Å². The highest BCUT2D eigenvalue weighted by molar-refractivity contribution is 5.38. The molecule has 100 valence electrons. The number of benzene rings is 2. The van der Waals surface area contributed by atoms with Gasteiger partial charge in [0.2, 0.25) is 0 Å². The monoisotopic (exact) mass is 263 g/mol. The number of rotatable bonds is 3. The fraction of sp³-hybridized carbons (Fsp3) is 0.200. The van der Waals surface area contributed by atoms with Gasteiger partial charge in [-0.15, -0.1) is 0 Å². The molecule has 0 saturated heterocycles. The summed E-state index contributed by atoms with van der Waals surface area (Å²) in [6.07, 6.45) is 0. The van der Waals surface area contributed by atoms with E-state index in [1.807, 2.05) is 0 Å². The summed E-state index contributed by atoms with van der Waals surface area (Å²) in [4.78, 5) is 0. The fourth-order valence-electron chi connectivity index (χ4n) is 2.10. The van der Waals surface area contributed by atoms with Gasteiger partial charge in [0.25, 0.3) is 0 Å². The Labute approximate surface area is 110 Å². The van der Waals surface area contributed by atoms with Crippen LogP contribution < -0.4 is 5.73 Å². The molecule has 2 aromatic rings. The van der Waals surface area contributed by atoms with Crippen LogP contribution in [0.5, 0.6) is 0 Å². The van der Waals surface area contributed by atoms with E-state index >= 15 is 0 Å². The van der Waals surface area contributed by atoms with Crippen molar-refractivity contribution in [3.05, 3.63) is 71.3 Å². The van der Waals surface area contributed by atoms with Gasteiger partial charge in [-0.05, 0) is 42.3 Å². The molecule has 0 aliphatic carbocycles. The first-order valence-electron chi connectivity index (χ1n) is 5.94. The minimum absolute atomic E-state index is 0.394. The van der Waals surface area contributed by atoms with Crippen molar-refractivity contribution in [3.8, 4) is 0 Å². The minimum atomic E-state index is -1.48. The highest BCUT2D eigenvalue weighted by Crippen LogP contribution is 2.32. The van der Waals surface area contributed by atoms with E-state index in [2.05, 4.69) is 0 Å². The van der Waals surface area contributed by atoms with Crippen molar-refractivity contribution in [2.45, 2.75) is 18.6 Å². The minimum Gasteiger partial charge on any atom is -0.379 e. The van der Waals surface area contributed by atoms with Crippen molar-refractivity contribution < 1.29 is 13.9 Å². The summed E-state index contributed by atoms with van der Waals surface area (Å²) in [5, 5.41) is 10.8. The Kier molecular flexibility index (Phi) is 3.64. The van der Waals surface area contributed by atoms with Crippen LogP contribution >= 0.6 is 0 Å². The molecule has 0 aliphatic heterocycles. The van der Waals surface area contributed by atoms with Crippen LogP contribution in [0.2, 0.25) is 0 Å². The average Bonchev–Trinajstić information content (AvgIpc) is 2.39. The smallest absolute Gasteiger partial charge is 0.129 e. The van der Waals surface area contributed by atoms with Crippen molar-refractivity contribution in [1.82, 2.24) is 0 Å². The van der Waals surface area contributed by atoms with Crippen molar-refractivity contribution in [3.63, 3.8) is 0 Å². The van der Waals surface area contributed by atoms with E-state index in [0.29, 0.717) is 11.1 Å². The van der Waals surface area contributed by atoms with Gasteiger partial charge in [0.1, 0.15) is 17.2 Å². The molecular weight excluding hydrogens is 248 g/mol. The Hall–Kier alpha value is -1.78. The lowest BCUT2D eigenvalue weighted by Gasteiger charge is -2.33. The second-order valence-electron chi connectivity index (χ2n) is 4.57. The number of aliphatic hydroxyl groups is 1. The van der Waals surface area contributed by atoms with E-state index in [0.717, 1.165) is 0 Å². The molecule has 2 nitrogen and oxygen atoms in total. The number of hydrogen-bond donors (Lipinski definition) is 2. The second-order valence-corrected chi connectivity index (χ2v) is 4.57. The number of halogens is 2. The first kappa shape index (κ1) is 13.6. The Morgan fingerprint density at radius 1 is 0.895 bits per heavy atom. The molecule has 0 radical (unpaired) electrons. The quantitative estimate of drug-likeness (QED) is 0.894. The van der Waals surface area contributed by atoms with Gasteiger partial charge in [0.05, 0.1) is 0 Å². The highest BCUT2D eigenvalue weighted by atomic mass is 19.1. The molecule has 0 bridgehead atoms. The summed E-state index contributed by atoms with van der Waals surface area (Å²) >= 11 is 0. The lowest BCUT2D eigenvalue weighted by atomic mass is 9.81. The average molecular weight is 263 g/mol. The number of nitrogens with two attached hydrogens (primary N) is 1. The molecule has 0 unspecified atom stereocenters. The maximum atomic E-state index is 13.0. The van der Waals surface area contributed by atoms with Gasteiger partial charge in [0, 0.05) is 6.04 Å². The van der Waals surface area contributed by atoms with Crippen LogP contribution in [0, 0.1) is 11.6 Å². The molecule has 0 amide bonds. The molecule has 3 N–H and O–H groups in total. The summed E-state index contributed by atoms with van der Waals surface area (Å²) in [6, 6.07) is 10.3. The molecule has 0 saturated carbocycles. The molecule has 0 fully saturated rings. The summed E-state index contributed by atoms with van der Waals surface area (Å²) in [6.45, 7) is 1.65. The van der Waals surface area contributed by atoms with Gasteiger partial charge < -0.3 is 10.8 Å². The van der Waals surface area contributed by atoms with Crippen molar-refractivity contribution >= 4 is 0 Å². The van der Waals surface area contributed by atoms with Gasteiger partial charge in [-0.2, -0.15) is 0 Å². The highest BCUT2D eigenvalue weighted by Gasteiger charge is 2.35. The van der Waals surface area contributed by atoms with Gasteiger partial charge in [-0.25, -0.2) is 8.78 Å². The molecule has 19 heavy (non-hydrogen) atoms. The van der Waals surface area contributed by atoms with Crippen LogP contribution in [0.15, 0.2) is 48.5 Å². The Bertz CT molecular complexity index is 504. The summed E-state index contributed by atoms with van der Waals surface area (Å²) in [5.74, 6) is -0.787. The lowest BCUT2D eigenvalue weighted by Crippen LogP contribution is -2.44. The van der Waals surface area contributed by atoms with Crippen molar-refractivity contribution in [2.24, 2.45) is 5.73 Å². The maximum Gasteiger partial charge on any atom is 0.129 e. The molecule has 2 aromatic carbocycles. The van der Waals surface area contributed by atoms with E-state index in [4.69, 9.17) is 5.73 Å². The summed E-state index contributed by atoms with van der Waals surface area (Å²) in [5.41, 5.74) is 5.32. The molecule has 4 heteroatoms. The topological polar surface area (TPSA) is 46.2 Å². The van der Waals surface area contributed by atoms with Crippen molar-refractivity contribution in [1.29, 1.82) is 0 Å². The third-order valence-corrected chi connectivity index (χ3v) is 3.23. The fourth-order valence-corrected chi connectivity index (χ4v) is 2.10. The van der Waals surface area contributed by atoms with E-state index in [-0.39, 0.29) is 0 Å². The third-order valence-electron chi connectivity index (χ3n) is 3.23. The van der Waals surface area contributed by atoms with E-state index in [1.165, 1.54) is 48.5 Å². The standard InChI is InChI=1S/C15H15F2NO/c1-10(18)15(19,11-2-6-13(16)7-3-11)12-4-8-14(17)9-5-12/h2-10,19H,18H2,1H3/t10-/m0/s1. The zero-order valence-corrected chi connectivity index (χ0v) is 10.5. The second kappa shape index (κ2) is 5.07. The van der Waals surface area contributed by atoms with Crippen LogP contribution in [0.3, 0.4) is 0 Å². The van der Waals surface area contributed by atoms with E-state index < -0.39 is 23.3 Å². The van der Waals surface area contributed by atoms with E-state index in [1.54, 1.807) is 6.92 Å². The molecule has 1 atom stereocenters. The Balaban J connectivity index is 2.54. The van der Waals surface area contributed by atoms with Crippen LogP contribution in [0.4, 0.5) is 8.78 Å². The molecule has 0 spiro atoms. The predicted octanol–water partition coefficient (Wildman–Crippen LogP) is 2.55. The summed E-state index contributed by atoms with van der Waals surface area (Å²) in [7, 11) is 0.